The lowest BCUT2D eigenvalue weighted by atomic mass is 10.2. The highest BCUT2D eigenvalue weighted by Crippen LogP contribution is 2.21. The molecule has 0 saturated heterocycles. The molecular weight excluding hydrogens is 312 g/mol. The minimum Gasteiger partial charge on any atom is -0.507 e. The highest BCUT2D eigenvalue weighted by molar-refractivity contribution is 7.94. The number of hydrogen-bond acceptors (Lipinski definition) is 4. The van der Waals surface area contributed by atoms with E-state index in [0.717, 1.165) is 5.41 Å². The van der Waals surface area contributed by atoms with Crippen molar-refractivity contribution in [2.45, 2.75) is 4.90 Å². The predicted molar refractivity (Wildman–Crippen MR) is 82.2 cm³/mol. The highest BCUT2D eigenvalue weighted by Gasteiger charge is 2.13. The molecule has 0 bridgehead atoms. The predicted octanol–water partition coefficient (Wildman–Crippen LogP) is 3.68. The van der Waals surface area contributed by atoms with Crippen LogP contribution in [-0.2, 0) is 9.84 Å². The van der Waals surface area contributed by atoms with Crippen molar-refractivity contribution in [2.75, 3.05) is 7.11 Å². The van der Waals surface area contributed by atoms with Crippen LogP contribution in [0.4, 0.5) is 0 Å². The second-order valence-corrected chi connectivity index (χ2v) is 6.46. The number of hydrogen-bond donors (Lipinski definition) is 1. The number of halogens is 1. The summed E-state index contributed by atoms with van der Waals surface area (Å²) >= 11 is 5.72. The number of methoxy groups -OCH3 is 1. The number of aliphatic hydroxyl groups is 1. The van der Waals surface area contributed by atoms with Gasteiger partial charge < -0.3 is 9.84 Å². The SMILES string of the molecule is COc1ccc(C(O)=CS(=O)(=O)c2ccc(Cl)cc2)cc1. The third kappa shape index (κ3) is 3.77. The Morgan fingerprint density at radius 2 is 1.67 bits per heavy atom. The molecule has 0 fully saturated rings. The summed E-state index contributed by atoms with van der Waals surface area (Å²) in [5.74, 6) is 0.278. The van der Waals surface area contributed by atoms with Crippen LogP contribution in [0.25, 0.3) is 5.76 Å². The van der Waals surface area contributed by atoms with E-state index in [1.807, 2.05) is 0 Å². The van der Waals surface area contributed by atoms with Crippen molar-refractivity contribution in [1.29, 1.82) is 0 Å². The lowest BCUT2D eigenvalue weighted by Gasteiger charge is -2.04. The third-order valence-electron chi connectivity index (χ3n) is 2.79. The van der Waals surface area contributed by atoms with Gasteiger partial charge >= 0.3 is 0 Å². The van der Waals surface area contributed by atoms with E-state index in [2.05, 4.69) is 0 Å². The molecule has 0 saturated carbocycles. The first-order valence-electron chi connectivity index (χ1n) is 5.98. The second kappa shape index (κ2) is 6.20. The minimum absolute atomic E-state index is 0.0620. The summed E-state index contributed by atoms with van der Waals surface area (Å²) in [5.41, 5.74) is 0.383. The molecule has 110 valence electrons. The van der Waals surface area contributed by atoms with E-state index in [0.29, 0.717) is 16.3 Å². The summed E-state index contributed by atoms with van der Waals surface area (Å²) in [6.45, 7) is 0. The largest absolute Gasteiger partial charge is 0.507 e. The van der Waals surface area contributed by atoms with Crippen molar-refractivity contribution in [3.05, 3.63) is 64.5 Å². The average molecular weight is 325 g/mol. The lowest BCUT2D eigenvalue weighted by Crippen LogP contribution is -1.98. The van der Waals surface area contributed by atoms with Gasteiger partial charge in [0.1, 0.15) is 11.5 Å². The highest BCUT2D eigenvalue weighted by atomic mass is 35.5. The molecule has 2 rings (SSSR count). The van der Waals surface area contributed by atoms with Gasteiger partial charge in [-0.2, -0.15) is 0 Å². The average Bonchev–Trinajstić information content (AvgIpc) is 2.47. The van der Waals surface area contributed by atoms with Gasteiger partial charge in [-0.3, -0.25) is 0 Å². The first-order valence-corrected chi connectivity index (χ1v) is 7.90. The molecule has 6 heteroatoms. The number of aliphatic hydroxyl groups excluding tert-OH is 1. The molecule has 0 aliphatic carbocycles. The van der Waals surface area contributed by atoms with E-state index < -0.39 is 9.84 Å². The molecule has 0 aromatic heterocycles. The van der Waals surface area contributed by atoms with E-state index in [1.165, 1.54) is 31.4 Å². The van der Waals surface area contributed by atoms with E-state index in [-0.39, 0.29) is 10.7 Å². The van der Waals surface area contributed by atoms with Crippen LogP contribution in [0.5, 0.6) is 5.75 Å². The Bertz CT molecular complexity index is 747. The standard InChI is InChI=1S/C15H13ClO4S/c1-20-13-6-2-11(3-7-13)15(17)10-21(18,19)14-8-4-12(16)5-9-14/h2-10,17H,1H3. The monoisotopic (exact) mass is 324 g/mol. The molecule has 2 aromatic carbocycles. The summed E-state index contributed by atoms with van der Waals surface area (Å²) in [4.78, 5) is 0.0620. The van der Waals surface area contributed by atoms with Gasteiger partial charge in [0, 0.05) is 10.6 Å². The maximum Gasteiger partial charge on any atom is 0.203 e. The van der Waals surface area contributed by atoms with Gasteiger partial charge in [-0.05, 0) is 48.5 Å². The van der Waals surface area contributed by atoms with E-state index in [4.69, 9.17) is 16.3 Å². The van der Waals surface area contributed by atoms with Crippen molar-refractivity contribution >= 4 is 27.2 Å². The van der Waals surface area contributed by atoms with Gasteiger partial charge in [0.15, 0.2) is 0 Å². The summed E-state index contributed by atoms with van der Waals surface area (Å²) < 4.78 is 29.3. The van der Waals surface area contributed by atoms with Gasteiger partial charge in [-0.25, -0.2) is 8.42 Å². The topological polar surface area (TPSA) is 63.6 Å². The van der Waals surface area contributed by atoms with Gasteiger partial charge in [0.25, 0.3) is 0 Å². The lowest BCUT2D eigenvalue weighted by molar-refractivity contribution is 0.414. The van der Waals surface area contributed by atoms with Crippen LogP contribution >= 0.6 is 11.6 Å². The Labute approximate surface area is 128 Å². The Balaban J connectivity index is 2.33. The fraction of sp³-hybridized carbons (Fsp3) is 0.0667. The molecular formula is C15H13ClO4S. The molecule has 0 aliphatic rings. The fourth-order valence-electron chi connectivity index (χ4n) is 1.67. The van der Waals surface area contributed by atoms with Crippen LogP contribution in [0.3, 0.4) is 0 Å². The Kier molecular flexibility index (Phi) is 4.55. The number of sulfone groups is 1. The fourth-order valence-corrected chi connectivity index (χ4v) is 2.88. The van der Waals surface area contributed by atoms with Gasteiger partial charge in [-0.1, -0.05) is 11.6 Å². The van der Waals surface area contributed by atoms with Crippen LogP contribution in [0.1, 0.15) is 5.56 Å². The molecule has 1 N–H and O–H groups in total. The minimum atomic E-state index is -3.74. The first-order chi connectivity index (χ1) is 9.92. The van der Waals surface area contributed by atoms with Crippen molar-refractivity contribution < 1.29 is 18.3 Å². The number of rotatable bonds is 4. The maximum absolute atomic E-state index is 12.1. The summed E-state index contributed by atoms with van der Waals surface area (Å²) in [5, 5.41) is 11.2. The third-order valence-corrected chi connectivity index (χ3v) is 4.51. The zero-order valence-corrected chi connectivity index (χ0v) is 12.7. The molecule has 0 unspecified atom stereocenters. The Morgan fingerprint density at radius 1 is 1.10 bits per heavy atom. The van der Waals surface area contributed by atoms with Crippen LogP contribution < -0.4 is 4.74 Å². The quantitative estimate of drug-likeness (QED) is 0.871. The summed E-state index contributed by atoms with van der Waals surface area (Å²) in [7, 11) is -2.22. The van der Waals surface area contributed by atoms with Crippen molar-refractivity contribution in [3.63, 3.8) is 0 Å². The summed E-state index contributed by atoms with van der Waals surface area (Å²) in [6.07, 6.45) is 0. The van der Waals surface area contributed by atoms with Gasteiger partial charge in [0.05, 0.1) is 17.4 Å². The zero-order chi connectivity index (χ0) is 15.5. The van der Waals surface area contributed by atoms with Crippen LogP contribution in [0.2, 0.25) is 5.02 Å². The van der Waals surface area contributed by atoms with Gasteiger partial charge in [-0.15, -0.1) is 0 Å². The molecule has 2 aromatic rings. The van der Waals surface area contributed by atoms with Crippen LogP contribution in [0.15, 0.2) is 58.8 Å². The van der Waals surface area contributed by atoms with Crippen LogP contribution in [0, 0.1) is 0 Å². The smallest absolute Gasteiger partial charge is 0.203 e. The maximum atomic E-state index is 12.1. The Morgan fingerprint density at radius 3 is 2.19 bits per heavy atom. The molecule has 4 nitrogen and oxygen atoms in total. The molecule has 21 heavy (non-hydrogen) atoms. The normalized spacial score (nSPS) is 12.2. The van der Waals surface area contributed by atoms with Gasteiger partial charge in [0.2, 0.25) is 9.84 Å². The second-order valence-electron chi connectivity index (χ2n) is 4.23. The summed E-state index contributed by atoms with van der Waals surface area (Å²) in [6, 6.07) is 12.1. The van der Waals surface area contributed by atoms with Crippen molar-refractivity contribution in [3.8, 4) is 5.75 Å². The zero-order valence-electron chi connectivity index (χ0n) is 11.2. The van der Waals surface area contributed by atoms with E-state index in [1.54, 1.807) is 24.3 Å². The molecule has 0 atom stereocenters. The van der Waals surface area contributed by atoms with Crippen LogP contribution in [-0.4, -0.2) is 20.6 Å². The van der Waals surface area contributed by atoms with Crippen molar-refractivity contribution in [2.24, 2.45) is 0 Å². The first kappa shape index (κ1) is 15.4. The molecule has 0 heterocycles. The number of benzene rings is 2. The number of ether oxygens (including phenoxy) is 1. The van der Waals surface area contributed by atoms with E-state index in [9.17, 15) is 13.5 Å². The molecule has 0 amide bonds. The molecule has 0 aliphatic heterocycles. The molecule has 0 spiro atoms. The Hall–Kier alpha value is -1.98. The molecule has 0 radical (unpaired) electrons. The van der Waals surface area contributed by atoms with E-state index >= 15 is 0 Å². The van der Waals surface area contributed by atoms with Crippen molar-refractivity contribution in [1.82, 2.24) is 0 Å².